The second kappa shape index (κ2) is 5.48. The van der Waals surface area contributed by atoms with Gasteiger partial charge in [0.15, 0.2) is 0 Å². The molecule has 1 N–H and O–H groups in total. The highest BCUT2D eigenvalue weighted by molar-refractivity contribution is 5.23. The summed E-state index contributed by atoms with van der Waals surface area (Å²) in [5.41, 5.74) is 2.92. The minimum atomic E-state index is 0.521. The van der Waals surface area contributed by atoms with Crippen LogP contribution >= 0.6 is 0 Å². The molecular weight excluding hydrogens is 198 g/mol. The molecule has 3 heteroatoms. The summed E-state index contributed by atoms with van der Waals surface area (Å²) in [6, 6.07) is 0.521. The number of hydrogen-bond donors (Lipinski definition) is 1. The van der Waals surface area contributed by atoms with Crippen molar-refractivity contribution in [2.45, 2.75) is 58.0 Å². The number of unbranched alkanes of at least 4 members (excludes halogenated alkanes) is 1. The van der Waals surface area contributed by atoms with E-state index in [1.54, 1.807) is 0 Å². The zero-order valence-electron chi connectivity index (χ0n) is 10.5. The fourth-order valence-electron chi connectivity index (χ4n) is 2.59. The molecule has 1 atom stereocenters. The van der Waals surface area contributed by atoms with E-state index in [0.29, 0.717) is 6.04 Å². The van der Waals surface area contributed by atoms with Crippen molar-refractivity contribution in [2.24, 2.45) is 0 Å². The van der Waals surface area contributed by atoms with Crippen molar-refractivity contribution in [2.75, 3.05) is 7.05 Å². The lowest BCUT2D eigenvalue weighted by Crippen LogP contribution is -2.16. The number of fused-ring (bicyclic) bond motifs is 1. The maximum atomic E-state index is 4.55. The van der Waals surface area contributed by atoms with Gasteiger partial charge in [0.1, 0.15) is 0 Å². The Kier molecular flexibility index (Phi) is 3.99. The predicted octanol–water partition coefficient (Wildman–Crippen LogP) is 2.67. The topological polar surface area (TPSA) is 29.9 Å². The van der Waals surface area contributed by atoms with Crippen molar-refractivity contribution < 1.29 is 0 Å². The van der Waals surface area contributed by atoms with E-state index in [-0.39, 0.29) is 0 Å². The molecule has 0 spiro atoms. The van der Waals surface area contributed by atoms with Gasteiger partial charge < -0.3 is 5.32 Å². The van der Waals surface area contributed by atoms with Gasteiger partial charge in [-0.15, -0.1) is 0 Å². The molecule has 1 unspecified atom stereocenters. The van der Waals surface area contributed by atoms with Crippen LogP contribution in [-0.4, -0.2) is 16.8 Å². The van der Waals surface area contributed by atoms with Crippen LogP contribution in [0, 0.1) is 0 Å². The van der Waals surface area contributed by atoms with E-state index in [0.717, 1.165) is 6.54 Å². The Morgan fingerprint density at radius 3 is 3.12 bits per heavy atom. The molecule has 2 rings (SSSR count). The first kappa shape index (κ1) is 11.6. The second-order valence-electron chi connectivity index (χ2n) is 4.71. The molecule has 1 heterocycles. The van der Waals surface area contributed by atoms with E-state index in [1.165, 1.54) is 49.8 Å². The Morgan fingerprint density at radius 2 is 2.38 bits per heavy atom. The summed E-state index contributed by atoms with van der Waals surface area (Å²) in [5.74, 6) is 0. The minimum absolute atomic E-state index is 0.521. The van der Waals surface area contributed by atoms with Crippen molar-refractivity contribution >= 4 is 0 Å². The lowest BCUT2D eigenvalue weighted by molar-refractivity contribution is 0.530. The highest BCUT2D eigenvalue weighted by Gasteiger charge is 2.20. The third-order valence-corrected chi connectivity index (χ3v) is 3.58. The van der Waals surface area contributed by atoms with Crippen molar-refractivity contribution in [3.63, 3.8) is 0 Å². The molecule has 0 aliphatic heterocycles. The Hall–Kier alpha value is -0.830. The first-order valence-electron chi connectivity index (χ1n) is 6.58. The minimum Gasteiger partial charge on any atom is -0.313 e. The molecule has 0 saturated carbocycles. The summed E-state index contributed by atoms with van der Waals surface area (Å²) in [7, 11) is 2.06. The van der Waals surface area contributed by atoms with Crippen molar-refractivity contribution in [3.8, 4) is 0 Å². The van der Waals surface area contributed by atoms with Gasteiger partial charge in [-0.2, -0.15) is 5.10 Å². The standard InChI is InChI=1S/C13H23N3/c1-3-4-9-16-13-8-6-5-7-12(14-2)11(13)10-15-16/h10,12,14H,3-9H2,1-2H3. The molecule has 3 nitrogen and oxygen atoms in total. The lowest BCUT2D eigenvalue weighted by atomic mass is 10.1. The number of hydrogen-bond acceptors (Lipinski definition) is 2. The number of rotatable bonds is 4. The lowest BCUT2D eigenvalue weighted by Gasteiger charge is -2.13. The Morgan fingerprint density at radius 1 is 1.50 bits per heavy atom. The first-order valence-corrected chi connectivity index (χ1v) is 6.58. The largest absolute Gasteiger partial charge is 0.313 e. The van der Waals surface area contributed by atoms with Crippen molar-refractivity contribution in [1.29, 1.82) is 0 Å². The normalized spacial score (nSPS) is 20.5. The third-order valence-electron chi connectivity index (χ3n) is 3.58. The van der Waals surface area contributed by atoms with Gasteiger partial charge in [-0.1, -0.05) is 19.8 Å². The molecule has 1 aromatic rings. The second-order valence-corrected chi connectivity index (χ2v) is 4.71. The molecule has 0 amide bonds. The Balaban J connectivity index is 2.20. The fraction of sp³-hybridized carbons (Fsp3) is 0.769. The summed E-state index contributed by atoms with van der Waals surface area (Å²) in [4.78, 5) is 0. The zero-order valence-corrected chi connectivity index (χ0v) is 10.5. The Bertz CT molecular complexity index is 330. The van der Waals surface area contributed by atoms with Gasteiger partial charge >= 0.3 is 0 Å². The maximum Gasteiger partial charge on any atom is 0.0540 e. The quantitative estimate of drug-likeness (QED) is 0.792. The number of aryl methyl sites for hydroxylation is 1. The van der Waals surface area contributed by atoms with E-state index < -0.39 is 0 Å². The molecule has 0 fully saturated rings. The van der Waals surface area contributed by atoms with E-state index in [9.17, 15) is 0 Å². The van der Waals surface area contributed by atoms with Gasteiger partial charge in [0, 0.05) is 23.8 Å². The summed E-state index contributed by atoms with van der Waals surface area (Å²) < 4.78 is 2.23. The molecular formula is C13H23N3. The number of aromatic nitrogens is 2. The van der Waals surface area contributed by atoms with E-state index >= 15 is 0 Å². The predicted molar refractivity (Wildman–Crippen MR) is 66.5 cm³/mol. The van der Waals surface area contributed by atoms with Gasteiger partial charge in [-0.3, -0.25) is 4.68 Å². The molecule has 1 aliphatic carbocycles. The monoisotopic (exact) mass is 221 g/mol. The maximum absolute atomic E-state index is 4.55. The molecule has 0 saturated heterocycles. The molecule has 0 bridgehead atoms. The van der Waals surface area contributed by atoms with Crippen LogP contribution in [0.25, 0.3) is 0 Å². The third kappa shape index (κ3) is 2.29. The van der Waals surface area contributed by atoms with Crippen LogP contribution in [0.3, 0.4) is 0 Å². The van der Waals surface area contributed by atoms with Crippen LogP contribution in [-0.2, 0) is 13.0 Å². The van der Waals surface area contributed by atoms with E-state index in [4.69, 9.17) is 0 Å². The number of nitrogens with one attached hydrogen (secondary N) is 1. The number of nitrogens with zero attached hydrogens (tertiary/aromatic N) is 2. The summed E-state index contributed by atoms with van der Waals surface area (Å²) in [6.07, 6.45) is 9.65. The molecule has 16 heavy (non-hydrogen) atoms. The highest BCUT2D eigenvalue weighted by atomic mass is 15.3. The van der Waals surface area contributed by atoms with E-state index in [2.05, 4.69) is 35.3 Å². The van der Waals surface area contributed by atoms with Crippen LogP contribution < -0.4 is 5.32 Å². The smallest absolute Gasteiger partial charge is 0.0540 e. The molecule has 1 aliphatic rings. The molecule has 1 aromatic heterocycles. The van der Waals surface area contributed by atoms with Crippen molar-refractivity contribution in [3.05, 3.63) is 17.5 Å². The van der Waals surface area contributed by atoms with Gasteiger partial charge in [-0.05, 0) is 32.7 Å². The van der Waals surface area contributed by atoms with Gasteiger partial charge in [0.05, 0.1) is 6.20 Å². The SMILES string of the molecule is CCCCn1ncc2c1CCCCC2NC. The van der Waals surface area contributed by atoms with Crippen LogP contribution in [0.1, 0.15) is 56.3 Å². The molecule has 90 valence electrons. The highest BCUT2D eigenvalue weighted by Crippen LogP contribution is 2.28. The summed E-state index contributed by atoms with van der Waals surface area (Å²) >= 11 is 0. The zero-order chi connectivity index (χ0) is 11.4. The average Bonchev–Trinajstić information content (AvgIpc) is 2.58. The van der Waals surface area contributed by atoms with Crippen LogP contribution in [0.4, 0.5) is 0 Å². The fourth-order valence-corrected chi connectivity index (χ4v) is 2.59. The first-order chi connectivity index (χ1) is 7.86. The van der Waals surface area contributed by atoms with Gasteiger partial charge in [-0.25, -0.2) is 0 Å². The van der Waals surface area contributed by atoms with Crippen LogP contribution in [0.15, 0.2) is 6.20 Å². The van der Waals surface area contributed by atoms with Crippen LogP contribution in [0.2, 0.25) is 0 Å². The van der Waals surface area contributed by atoms with E-state index in [1.807, 2.05) is 0 Å². The van der Waals surface area contributed by atoms with Gasteiger partial charge in [0.2, 0.25) is 0 Å². The molecule has 0 aromatic carbocycles. The molecule has 0 radical (unpaired) electrons. The Labute approximate surface area is 98.2 Å². The van der Waals surface area contributed by atoms with Crippen molar-refractivity contribution in [1.82, 2.24) is 15.1 Å². The summed E-state index contributed by atoms with van der Waals surface area (Å²) in [5, 5.41) is 7.97. The van der Waals surface area contributed by atoms with Gasteiger partial charge in [0.25, 0.3) is 0 Å². The van der Waals surface area contributed by atoms with Crippen LogP contribution in [0.5, 0.6) is 0 Å². The summed E-state index contributed by atoms with van der Waals surface area (Å²) in [6.45, 7) is 3.32. The average molecular weight is 221 g/mol.